The highest BCUT2D eigenvalue weighted by molar-refractivity contribution is 7.99. The summed E-state index contributed by atoms with van der Waals surface area (Å²) in [6, 6.07) is 16.1. The average Bonchev–Trinajstić information content (AvgIpc) is 3.03. The molecular weight excluding hydrogens is 361 g/mol. The summed E-state index contributed by atoms with van der Waals surface area (Å²) in [5.41, 5.74) is 3.73. The third-order valence-corrected chi connectivity index (χ3v) is 5.42. The predicted octanol–water partition coefficient (Wildman–Crippen LogP) is 4.35. The Kier molecular flexibility index (Phi) is 4.90. The van der Waals surface area contributed by atoms with Crippen molar-refractivity contribution in [3.8, 4) is 11.3 Å². The third-order valence-electron chi connectivity index (χ3n) is 4.57. The van der Waals surface area contributed by atoms with Crippen LogP contribution in [0.25, 0.3) is 11.3 Å². The molecule has 2 heterocycles. The highest BCUT2D eigenvalue weighted by atomic mass is 32.2. The Hall–Kier alpha value is -2.73. The van der Waals surface area contributed by atoms with Gasteiger partial charge in [-0.3, -0.25) is 4.79 Å². The lowest BCUT2D eigenvalue weighted by atomic mass is 10.1. The molecule has 136 valence electrons. The van der Waals surface area contributed by atoms with Crippen molar-refractivity contribution < 1.29 is 9.18 Å². The molecule has 27 heavy (non-hydrogen) atoms. The Morgan fingerprint density at radius 3 is 2.78 bits per heavy atom. The van der Waals surface area contributed by atoms with E-state index in [0.29, 0.717) is 10.9 Å². The molecule has 6 heteroatoms. The Morgan fingerprint density at radius 2 is 1.96 bits per heavy atom. The van der Waals surface area contributed by atoms with Gasteiger partial charge in [0, 0.05) is 23.5 Å². The van der Waals surface area contributed by atoms with E-state index in [1.807, 2.05) is 23.1 Å². The van der Waals surface area contributed by atoms with Crippen molar-refractivity contribution in [2.24, 2.45) is 0 Å². The van der Waals surface area contributed by atoms with E-state index in [1.165, 1.54) is 29.5 Å². The van der Waals surface area contributed by atoms with Gasteiger partial charge >= 0.3 is 0 Å². The van der Waals surface area contributed by atoms with Crippen molar-refractivity contribution in [1.82, 2.24) is 9.97 Å². The number of halogens is 1. The number of hydrogen-bond donors (Lipinski definition) is 0. The maximum absolute atomic E-state index is 13.1. The van der Waals surface area contributed by atoms with Crippen molar-refractivity contribution in [3.63, 3.8) is 0 Å². The smallest absolute Gasteiger partial charge is 0.237 e. The maximum Gasteiger partial charge on any atom is 0.237 e. The van der Waals surface area contributed by atoms with Crippen LogP contribution in [-0.4, -0.2) is 27.7 Å². The normalized spacial score (nSPS) is 15.6. The van der Waals surface area contributed by atoms with Gasteiger partial charge in [-0.25, -0.2) is 14.4 Å². The zero-order chi connectivity index (χ0) is 18.8. The van der Waals surface area contributed by atoms with Crippen LogP contribution < -0.4 is 4.90 Å². The van der Waals surface area contributed by atoms with Gasteiger partial charge in [0.2, 0.25) is 5.91 Å². The number of aromatic nitrogens is 2. The van der Waals surface area contributed by atoms with Crippen LogP contribution in [0.3, 0.4) is 0 Å². The molecule has 4 rings (SSSR count). The molecule has 0 spiro atoms. The van der Waals surface area contributed by atoms with Crippen molar-refractivity contribution in [3.05, 3.63) is 72.2 Å². The summed E-state index contributed by atoms with van der Waals surface area (Å²) in [6.07, 6.45) is 2.54. The Labute approximate surface area is 161 Å². The molecule has 0 radical (unpaired) electrons. The lowest BCUT2D eigenvalue weighted by Gasteiger charge is -2.22. The van der Waals surface area contributed by atoms with E-state index in [4.69, 9.17) is 0 Å². The molecule has 0 N–H and O–H groups in total. The van der Waals surface area contributed by atoms with Crippen molar-refractivity contribution in [2.45, 2.75) is 24.5 Å². The molecular formula is C21H18FN3OS. The molecule has 1 aliphatic rings. The topological polar surface area (TPSA) is 46.1 Å². The molecule has 1 unspecified atom stereocenters. The molecule has 4 nitrogen and oxygen atoms in total. The summed E-state index contributed by atoms with van der Waals surface area (Å²) >= 11 is 1.32. The predicted molar refractivity (Wildman–Crippen MR) is 105 cm³/mol. The highest BCUT2D eigenvalue weighted by Gasteiger charge is 2.30. The number of carbonyl (C=O) groups is 1. The number of nitrogens with zero attached hydrogens (tertiary/aromatic N) is 3. The quantitative estimate of drug-likeness (QED) is 0.499. The number of hydrogen-bond acceptors (Lipinski definition) is 4. The minimum absolute atomic E-state index is 0.0493. The molecule has 1 atom stereocenters. The van der Waals surface area contributed by atoms with Gasteiger partial charge in [-0.2, -0.15) is 0 Å². The van der Waals surface area contributed by atoms with Crippen LogP contribution in [-0.2, 0) is 11.2 Å². The summed E-state index contributed by atoms with van der Waals surface area (Å²) in [7, 11) is 0. The molecule has 0 aliphatic carbocycles. The molecule has 0 saturated carbocycles. The van der Waals surface area contributed by atoms with Crippen LogP contribution >= 0.6 is 11.8 Å². The van der Waals surface area contributed by atoms with Gasteiger partial charge in [-0.05, 0) is 55.3 Å². The molecule has 0 bridgehead atoms. The van der Waals surface area contributed by atoms with Gasteiger partial charge in [0.15, 0.2) is 5.16 Å². The second kappa shape index (κ2) is 7.48. The number of fused-ring (bicyclic) bond motifs is 1. The molecule has 1 aliphatic heterocycles. The Bertz CT molecular complexity index is 977. The lowest BCUT2D eigenvalue weighted by Crippen LogP contribution is -2.37. The van der Waals surface area contributed by atoms with E-state index in [0.717, 1.165) is 17.7 Å². The fourth-order valence-electron chi connectivity index (χ4n) is 3.33. The molecule has 1 aromatic heterocycles. The van der Waals surface area contributed by atoms with Gasteiger partial charge in [-0.1, -0.05) is 30.0 Å². The largest absolute Gasteiger partial charge is 0.308 e. The van der Waals surface area contributed by atoms with Gasteiger partial charge in [0.1, 0.15) is 5.82 Å². The summed E-state index contributed by atoms with van der Waals surface area (Å²) in [5.74, 6) is 0.0344. The van der Waals surface area contributed by atoms with Crippen LogP contribution in [0.1, 0.15) is 12.5 Å². The molecule has 3 aromatic rings. The van der Waals surface area contributed by atoms with Crippen molar-refractivity contribution in [2.75, 3.05) is 10.7 Å². The Balaban J connectivity index is 1.47. The first kappa shape index (κ1) is 17.7. The maximum atomic E-state index is 13.1. The second-order valence-electron chi connectivity index (χ2n) is 6.47. The van der Waals surface area contributed by atoms with Gasteiger partial charge in [-0.15, -0.1) is 0 Å². The number of anilines is 1. The first-order chi connectivity index (χ1) is 13.1. The first-order valence-electron chi connectivity index (χ1n) is 8.73. The molecule has 0 fully saturated rings. The third kappa shape index (κ3) is 3.71. The SMILES string of the molecule is CC1Cc2ccccc2N1C(=O)CSc1nccc(-c2ccc(F)cc2)n1. The Morgan fingerprint density at radius 1 is 1.19 bits per heavy atom. The number of benzene rings is 2. The van der Waals surface area contributed by atoms with Crippen LogP contribution in [0.5, 0.6) is 0 Å². The lowest BCUT2D eigenvalue weighted by molar-refractivity contribution is -0.116. The standard InChI is InChI=1S/C21H18FN3OS/c1-14-12-16-4-2-3-5-19(16)25(14)20(26)13-27-21-23-11-10-18(24-21)15-6-8-17(22)9-7-15/h2-11,14H,12-13H2,1H3. The zero-order valence-corrected chi connectivity index (χ0v) is 15.6. The number of rotatable bonds is 4. The van der Waals surface area contributed by atoms with Crippen LogP contribution in [0.2, 0.25) is 0 Å². The van der Waals surface area contributed by atoms with E-state index in [1.54, 1.807) is 24.4 Å². The number of para-hydroxylation sites is 1. The molecule has 0 saturated heterocycles. The molecule has 2 aromatic carbocycles. The number of amides is 1. The first-order valence-corrected chi connectivity index (χ1v) is 9.72. The summed E-state index contributed by atoms with van der Waals surface area (Å²) in [4.78, 5) is 23.4. The minimum Gasteiger partial charge on any atom is -0.308 e. The fourth-order valence-corrected chi connectivity index (χ4v) is 4.02. The van der Waals surface area contributed by atoms with E-state index >= 15 is 0 Å². The monoisotopic (exact) mass is 379 g/mol. The van der Waals surface area contributed by atoms with Gasteiger partial charge in [0.25, 0.3) is 0 Å². The fraction of sp³-hybridized carbons (Fsp3) is 0.190. The van der Waals surface area contributed by atoms with E-state index in [2.05, 4.69) is 23.0 Å². The van der Waals surface area contributed by atoms with Gasteiger partial charge in [0.05, 0.1) is 11.4 Å². The summed E-state index contributed by atoms with van der Waals surface area (Å²) < 4.78 is 13.1. The minimum atomic E-state index is -0.284. The average molecular weight is 379 g/mol. The molecule has 1 amide bonds. The van der Waals surface area contributed by atoms with Crippen molar-refractivity contribution >= 4 is 23.4 Å². The van der Waals surface area contributed by atoms with E-state index in [-0.39, 0.29) is 23.5 Å². The zero-order valence-electron chi connectivity index (χ0n) is 14.8. The van der Waals surface area contributed by atoms with Gasteiger partial charge < -0.3 is 4.90 Å². The highest BCUT2D eigenvalue weighted by Crippen LogP contribution is 2.32. The van der Waals surface area contributed by atoms with E-state index in [9.17, 15) is 9.18 Å². The number of thioether (sulfide) groups is 1. The van der Waals surface area contributed by atoms with Crippen LogP contribution in [0.15, 0.2) is 66.0 Å². The van der Waals surface area contributed by atoms with Crippen LogP contribution in [0, 0.1) is 5.82 Å². The summed E-state index contributed by atoms with van der Waals surface area (Å²) in [5, 5.41) is 0.533. The van der Waals surface area contributed by atoms with Crippen LogP contribution in [0.4, 0.5) is 10.1 Å². The van der Waals surface area contributed by atoms with E-state index < -0.39 is 0 Å². The number of carbonyl (C=O) groups excluding carboxylic acids is 1. The second-order valence-corrected chi connectivity index (χ2v) is 7.41. The summed E-state index contributed by atoms with van der Waals surface area (Å²) in [6.45, 7) is 2.06. The van der Waals surface area contributed by atoms with Crippen molar-refractivity contribution in [1.29, 1.82) is 0 Å².